The van der Waals surface area contributed by atoms with Crippen molar-refractivity contribution in [2.75, 3.05) is 5.75 Å². The number of unbranched alkanes of at least 4 members (excludes halogenated alkanes) is 13. The van der Waals surface area contributed by atoms with Crippen molar-refractivity contribution in [1.82, 2.24) is 0 Å². The molecule has 0 aromatic carbocycles. The first-order valence-corrected chi connectivity index (χ1v) is 10.1. The number of hydrogen-bond acceptors (Lipinski definition) is 2. The van der Waals surface area contributed by atoms with Crippen LogP contribution in [0.5, 0.6) is 0 Å². The zero-order valence-corrected chi connectivity index (χ0v) is 14.1. The molecule has 0 saturated heterocycles. The molecular weight excluding hydrogens is 334 g/mol. The van der Waals surface area contributed by atoms with Crippen LogP contribution in [-0.4, -0.2) is 99.7 Å². The van der Waals surface area contributed by atoms with Gasteiger partial charge in [-0.2, -0.15) is 8.42 Å². The molecule has 0 unspecified atom stereocenters. The Kier molecular flexibility index (Phi) is 28.8. The Morgan fingerprint density at radius 2 is 0.909 bits per heavy atom. The van der Waals surface area contributed by atoms with Gasteiger partial charge in [0.2, 0.25) is 0 Å². The normalized spacial score (nSPS) is 10.8. The van der Waals surface area contributed by atoms with Crippen molar-refractivity contribution in [2.45, 2.75) is 96.8 Å². The van der Waals surface area contributed by atoms with Gasteiger partial charge in [0.1, 0.15) is 0 Å². The second-order valence-electron chi connectivity index (χ2n) is 5.88. The molecule has 0 atom stereocenters. The van der Waals surface area contributed by atoms with Crippen molar-refractivity contribution < 1.29 is 13.0 Å². The van der Waals surface area contributed by atoms with Crippen LogP contribution in [-0.2, 0) is 10.1 Å². The summed E-state index contributed by atoms with van der Waals surface area (Å²) < 4.78 is 29.6. The quantitative estimate of drug-likeness (QED) is 0.269. The van der Waals surface area contributed by atoms with Crippen LogP contribution in [0.4, 0.5) is 0 Å². The summed E-state index contributed by atoms with van der Waals surface area (Å²) in [6.07, 6.45) is 17.4. The van der Waals surface area contributed by atoms with E-state index in [1.54, 1.807) is 0 Å². The Morgan fingerprint density at radius 3 is 1.18 bits per heavy atom. The van der Waals surface area contributed by atoms with Crippen LogP contribution in [0.15, 0.2) is 0 Å². The number of hydrogen-bond donors (Lipinski definition) is 1. The maximum absolute atomic E-state index is 10.5. The molecule has 1 N–H and O–H groups in total. The van der Waals surface area contributed by atoms with Gasteiger partial charge >= 0.3 is 80.9 Å². The van der Waals surface area contributed by atoms with Gasteiger partial charge in [-0.15, -0.1) is 0 Å². The van der Waals surface area contributed by atoms with Crippen LogP contribution in [0.1, 0.15) is 96.8 Å². The van der Waals surface area contributed by atoms with Crippen LogP contribution in [0.25, 0.3) is 0 Å². The van der Waals surface area contributed by atoms with E-state index in [9.17, 15) is 8.42 Å². The van der Waals surface area contributed by atoms with Gasteiger partial charge in [0.15, 0.2) is 0 Å². The second-order valence-corrected chi connectivity index (χ2v) is 7.45. The molecule has 0 aromatic heterocycles. The minimum atomic E-state index is -3.74. The fourth-order valence-corrected chi connectivity index (χ4v) is 3.05. The Labute approximate surface area is 203 Å². The predicted molar refractivity (Wildman–Crippen MR) is 101 cm³/mol. The van der Waals surface area contributed by atoms with Gasteiger partial charge in [-0.3, -0.25) is 4.55 Å². The molecule has 0 bridgehead atoms. The summed E-state index contributed by atoms with van der Waals surface area (Å²) in [5, 5.41) is 0. The monoisotopic (exact) mass is 370 g/mol. The van der Waals surface area contributed by atoms with E-state index in [2.05, 4.69) is 6.92 Å². The predicted octanol–water partition coefficient (Wildman–Crippen LogP) is 4.06. The Morgan fingerprint density at radius 1 is 0.636 bits per heavy atom. The van der Waals surface area contributed by atoms with Crippen molar-refractivity contribution >= 4 is 91.1 Å². The van der Waals surface area contributed by atoms with Gasteiger partial charge in [0, 0.05) is 0 Å². The van der Waals surface area contributed by atoms with Gasteiger partial charge in [-0.05, 0) is 6.42 Å². The summed E-state index contributed by atoms with van der Waals surface area (Å²) >= 11 is 0. The van der Waals surface area contributed by atoms with Gasteiger partial charge < -0.3 is 0 Å². The minimum absolute atomic E-state index is 0. The average molecular weight is 371 g/mol. The molecule has 0 heterocycles. The molecule has 0 spiro atoms. The number of rotatable bonds is 15. The zero-order valence-electron chi connectivity index (χ0n) is 13.3. The van der Waals surface area contributed by atoms with Crippen molar-refractivity contribution in [1.29, 1.82) is 0 Å². The van der Waals surface area contributed by atoms with Crippen molar-refractivity contribution in [3.05, 3.63) is 0 Å². The van der Waals surface area contributed by atoms with E-state index < -0.39 is 10.1 Å². The fourth-order valence-electron chi connectivity index (χ4n) is 2.48. The summed E-state index contributed by atoms with van der Waals surface area (Å²) in [6.45, 7) is 2.25. The molecular formula is C16H36KNaO3S. The van der Waals surface area contributed by atoms with E-state index in [1.807, 2.05) is 0 Å². The average Bonchev–Trinajstić information content (AvgIpc) is 2.38. The molecule has 0 aromatic rings. The molecule has 0 fully saturated rings. The van der Waals surface area contributed by atoms with E-state index in [4.69, 9.17) is 4.55 Å². The fraction of sp³-hybridized carbons (Fsp3) is 1.00. The van der Waals surface area contributed by atoms with E-state index in [-0.39, 0.29) is 86.7 Å². The summed E-state index contributed by atoms with van der Waals surface area (Å²) in [6, 6.07) is 0. The first kappa shape index (κ1) is 29.3. The molecule has 0 aliphatic heterocycles. The second kappa shape index (κ2) is 21.6. The first-order chi connectivity index (χ1) is 9.56. The van der Waals surface area contributed by atoms with Gasteiger partial charge in [0.05, 0.1) is 5.75 Å². The van der Waals surface area contributed by atoms with Crippen LogP contribution >= 0.6 is 0 Å². The molecule has 22 heavy (non-hydrogen) atoms. The van der Waals surface area contributed by atoms with Crippen LogP contribution in [0, 0.1) is 0 Å². The molecule has 0 rings (SSSR count). The molecule has 3 nitrogen and oxygen atoms in total. The third-order valence-electron chi connectivity index (χ3n) is 3.76. The first-order valence-electron chi connectivity index (χ1n) is 8.51. The van der Waals surface area contributed by atoms with Gasteiger partial charge in [0.25, 0.3) is 10.1 Å². The summed E-state index contributed by atoms with van der Waals surface area (Å²) in [4.78, 5) is 0. The third-order valence-corrected chi connectivity index (χ3v) is 4.56. The van der Waals surface area contributed by atoms with Crippen molar-refractivity contribution in [2.24, 2.45) is 0 Å². The SMILES string of the molecule is CCCCCCCCCCCCCCCCS(=O)(=O)O.[KH].[NaH]. The van der Waals surface area contributed by atoms with Gasteiger partial charge in [-0.1, -0.05) is 90.4 Å². The van der Waals surface area contributed by atoms with Crippen LogP contribution in [0.3, 0.4) is 0 Å². The van der Waals surface area contributed by atoms with Crippen LogP contribution < -0.4 is 0 Å². The summed E-state index contributed by atoms with van der Waals surface area (Å²) in [5.74, 6) is -0.0783. The van der Waals surface area contributed by atoms with Crippen LogP contribution in [0.2, 0.25) is 0 Å². The molecule has 6 heteroatoms. The molecule has 126 valence electrons. The topological polar surface area (TPSA) is 54.4 Å². The molecule has 0 saturated carbocycles. The summed E-state index contributed by atoms with van der Waals surface area (Å²) in [5.41, 5.74) is 0. The Bertz CT molecular complexity index is 298. The van der Waals surface area contributed by atoms with Gasteiger partial charge in [-0.25, -0.2) is 0 Å². The molecule has 0 amide bonds. The maximum atomic E-state index is 10.5. The zero-order chi connectivity index (χ0) is 15.1. The Hall–Kier alpha value is 2.55. The third kappa shape index (κ3) is 27.4. The standard InChI is InChI=1S/C16H34O3S.K.Na.2H/c1-2-3-4-5-6-7-8-9-10-11-12-13-14-15-16-20(17,18)19;;;;/h2-16H2,1H3,(H,17,18,19);;;;. The Balaban J connectivity index is -0.00000180. The van der Waals surface area contributed by atoms with E-state index >= 15 is 0 Å². The molecule has 0 radical (unpaired) electrons. The van der Waals surface area contributed by atoms with E-state index in [0.717, 1.165) is 12.8 Å². The summed E-state index contributed by atoms with van der Waals surface area (Å²) in [7, 11) is -3.74. The van der Waals surface area contributed by atoms with Crippen molar-refractivity contribution in [3.8, 4) is 0 Å². The molecule has 0 aliphatic rings. The van der Waals surface area contributed by atoms with Crippen molar-refractivity contribution in [3.63, 3.8) is 0 Å². The molecule has 0 aliphatic carbocycles. The van der Waals surface area contributed by atoms with E-state index in [1.165, 1.54) is 70.6 Å². The van der Waals surface area contributed by atoms with E-state index in [0.29, 0.717) is 6.42 Å².